The van der Waals surface area contributed by atoms with E-state index < -0.39 is 0 Å². The molecule has 0 saturated carbocycles. The largest absolute Gasteiger partial charge is 0.371 e. The van der Waals surface area contributed by atoms with Gasteiger partial charge < -0.3 is 14.8 Å². The molecule has 1 N–H and O–H groups in total. The minimum absolute atomic E-state index is 0.00823. The number of carbonyl (C=O) groups excluding carboxylic acids is 1. The summed E-state index contributed by atoms with van der Waals surface area (Å²) in [7, 11) is 0. The van der Waals surface area contributed by atoms with Gasteiger partial charge in [0.1, 0.15) is 0 Å². The molecule has 1 amide bonds. The lowest BCUT2D eigenvalue weighted by atomic mass is 10.1. The number of aryl methyl sites for hydroxylation is 2. The summed E-state index contributed by atoms with van der Waals surface area (Å²) in [5.41, 5.74) is 4.16. The SMILES string of the molecule is Cc1cc(NC(=O)CCn2c(C)csc2=O)ccc1N1CCCC1. The minimum Gasteiger partial charge on any atom is -0.371 e. The number of nitrogens with zero attached hydrogens (tertiary/aromatic N) is 2. The van der Waals surface area contributed by atoms with E-state index in [0.29, 0.717) is 13.0 Å². The fourth-order valence-corrected chi connectivity index (χ4v) is 3.92. The molecule has 1 aliphatic rings. The number of thiazole rings is 1. The van der Waals surface area contributed by atoms with E-state index in [1.54, 1.807) is 4.57 Å². The Morgan fingerprint density at radius 1 is 1.25 bits per heavy atom. The average Bonchev–Trinajstić information content (AvgIpc) is 3.17. The van der Waals surface area contributed by atoms with Gasteiger partial charge in [-0.05, 0) is 50.5 Å². The van der Waals surface area contributed by atoms with Gasteiger partial charge in [0, 0.05) is 48.5 Å². The third-order valence-electron chi connectivity index (χ3n) is 4.47. The third-order valence-corrected chi connectivity index (χ3v) is 5.35. The number of hydrogen-bond donors (Lipinski definition) is 1. The number of carbonyl (C=O) groups is 1. The molecule has 1 aromatic carbocycles. The van der Waals surface area contributed by atoms with Crippen molar-refractivity contribution in [2.45, 2.75) is 39.7 Å². The van der Waals surface area contributed by atoms with E-state index in [-0.39, 0.29) is 10.8 Å². The van der Waals surface area contributed by atoms with E-state index in [4.69, 9.17) is 0 Å². The van der Waals surface area contributed by atoms with Crippen molar-refractivity contribution >= 4 is 28.6 Å². The quantitative estimate of drug-likeness (QED) is 0.906. The first-order valence-electron chi connectivity index (χ1n) is 8.35. The Bertz CT molecular complexity index is 788. The van der Waals surface area contributed by atoms with Crippen LogP contribution in [0.4, 0.5) is 11.4 Å². The maximum Gasteiger partial charge on any atom is 0.307 e. The van der Waals surface area contributed by atoms with Gasteiger partial charge in [0.15, 0.2) is 0 Å². The van der Waals surface area contributed by atoms with Crippen molar-refractivity contribution in [2.24, 2.45) is 0 Å². The van der Waals surface area contributed by atoms with Crippen LogP contribution in [0.25, 0.3) is 0 Å². The van der Waals surface area contributed by atoms with Crippen molar-refractivity contribution in [1.29, 1.82) is 0 Å². The second kappa shape index (κ2) is 7.21. The Balaban J connectivity index is 1.60. The molecular formula is C18H23N3O2S. The number of aromatic nitrogens is 1. The Labute approximate surface area is 145 Å². The van der Waals surface area contributed by atoms with Crippen LogP contribution in [0.15, 0.2) is 28.4 Å². The monoisotopic (exact) mass is 345 g/mol. The lowest BCUT2D eigenvalue weighted by molar-refractivity contribution is -0.116. The van der Waals surface area contributed by atoms with Gasteiger partial charge in [-0.3, -0.25) is 9.59 Å². The average molecular weight is 345 g/mol. The van der Waals surface area contributed by atoms with Crippen LogP contribution in [-0.4, -0.2) is 23.6 Å². The van der Waals surface area contributed by atoms with E-state index in [2.05, 4.69) is 23.2 Å². The summed E-state index contributed by atoms with van der Waals surface area (Å²) in [5.74, 6) is -0.0687. The number of amides is 1. The second-order valence-electron chi connectivity index (χ2n) is 6.29. The van der Waals surface area contributed by atoms with Gasteiger partial charge in [-0.1, -0.05) is 11.3 Å². The first-order chi connectivity index (χ1) is 11.5. The fourth-order valence-electron chi connectivity index (χ4n) is 3.16. The second-order valence-corrected chi connectivity index (χ2v) is 7.11. The summed E-state index contributed by atoms with van der Waals surface area (Å²) in [6, 6.07) is 6.07. The highest BCUT2D eigenvalue weighted by molar-refractivity contribution is 7.07. The van der Waals surface area contributed by atoms with Gasteiger partial charge in [0.05, 0.1) is 0 Å². The van der Waals surface area contributed by atoms with Gasteiger partial charge in [-0.15, -0.1) is 0 Å². The molecular weight excluding hydrogens is 322 g/mol. The molecule has 5 nitrogen and oxygen atoms in total. The summed E-state index contributed by atoms with van der Waals surface area (Å²) < 4.78 is 1.64. The standard InChI is InChI=1S/C18H23N3O2S/c1-13-11-15(5-6-16(13)20-8-3-4-9-20)19-17(22)7-10-21-14(2)12-24-18(21)23/h5-6,11-12H,3-4,7-10H2,1-2H3,(H,19,22). The van der Waals surface area contributed by atoms with Gasteiger partial charge >= 0.3 is 4.87 Å². The highest BCUT2D eigenvalue weighted by Crippen LogP contribution is 2.26. The van der Waals surface area contributed by atoms with E-state index in [1.807, 2.05) is 24.4 Å². The van der Waals surface area contributed by atoms with Crippen LogP contribution in [-0.2, 0) is 11.3 Å². The lowest BCUT2D eigenvalue weighted by Crippen LogP contribution is -2.21. The number of rotatable bonds is 5. The predicted molar refractivity (Wildman–Crippen MR) is 99.2 cm³/mol. The molecule has 1 saturated heterocycles. The first kappa shape index (κ1) is 16.8. The van der Waals surface area contributed by atoms with Crippen molar-refractivity contribution in [2.75, 3.05) is 23.3 Å². The van der Waals surface area contributed by atoms with Crippen LogP contribution < -0.4 is 15.1 Å². The Morgan fingerprint density at radius 2 is 2.00 bits per heavy atom. The van der Waals surface area contributed by atoms with Crippen molar-refractivity contribution in [3.63, 3.8) is 0 Å². The van der Waals surface area contributed by atoms with Crippen LogP contribution in [0.3, 0.4) is 0 Å². The molecule has 0 atom stereocenters. The normalized spacial score (nSPS) is 14.2. The van der Waals surface area contributed by atoms with Crippen LogP contribution in [0, 0.1) is 13.8 Å². The molecule has 1 aliphatic heterocycles. The van der Waals surface area contributed by atoms with Crippen LogP contribution in [0.5, 0.6) is 0 Å². The molecule has 0 bridgehead atoms. The van der Waals surface area contributed by atoms with Crippen molar-refractivity contribution in [1.82, 2.24) is 4.57 Å². The topological polar surface area (TPSA) is 54.3 Å². The maximum absolute atomic E-state index is 12.1. The summed E-state index contributed by atoms with van der Waals surface area (Å²) in [5, 5.41) is 4.75. The predicted octanol–water partition coefficient (Wildman–Crippen LogP) is 3.16. The number of nitrogens with one attached hydrogen (secondary N) is 1. The van der Waals surface area contributed by atoms with Crippen molar-refractivity contribution < 1.29 is 4.79 Å². The summed E-state index contributed by atoms with van der Waals surface area (Å²) in [4.78, 5) is 26.2. The zero-order valence-corrected chi connectivity index (χ0v) is 15.0. The highest BCUT2D eigenvalue weighted by atomic mass is 32.1. The van der Waals surface area contributed by atoms with Crippen LogP contribution >= 0.6 is 11.3 Å². The van der Waals surface area contributed by atoms with E-state index >= 15 is 0 Å². The van der Waals surface area contributed by atoms with Crippen molar-refractivity contribution in [3.05, 3.63) is 44.5 Å². The Hall–Kier alpha value is -2.08. The van der Waals surface area contributed by atoms with Crippen LogP contribution in [0.2, 0.25) is 0 Å². The van der Waals surface area contributed by atoms with Crippen LogP contribution in [0.1, 0.15) is 30.5 Å². The van der Waals surface area contributed by atoms with E-state index in [9.17, 15) is 9.59 Å². The molecule has 0 radical (unpaired) electrons. The zero-order chi connectivity index (χ0) is 17.1. The highest BCUT2D eigenvalue weighted by Gasteiger charge is 2.14. The Kier molecular flexibility index (Phi) is 5.04. The van der Waals surface area contributed by atoms with Gasteiger partial charge in [-0.25, -0.2) is 0 Å². The zero-order valence-electron chi connectivity index (χ0n) is 14.2. The molecule has 3 rings (SSSR count). The molecule has 24 heavy (non-hydrogen) atoms. The molecule has 0 spiro atoms. The molecule has 2 aromatic rings. The fraction of sp³-hybridized carbons (Fsp3) is 0.444. The molecule has 6 heteroatoms. The number of anilines is 2. The molecule has 1 aromatic heterocycles. The first-order valence-corrected chi connectivity index (χ1v) is 9.23. The molecule has 0 unspecified atom stereocenters. The maximum atomic E-state index is 12.1. The van der Waals surface area contributed by atoms with E-state index in [1.165, 1.54) is 35.4 Å². The summed E-state index contributed by atoms with van der Waals surface area (Å²) >= 11 is 1.17. The number of benzene rings is 1. The molecule has 128 valence electrons. The molecule has 2 heterocycles. The molecule has 1 fully saturated rings. The van der Waals surface area contributed by atoms with E-state index in [0.717, 1.165) is 24.5 Å². The number of hydrogen-bond acceptors (Lipinski definition) is 4. The van der Waals surface area contributed by atoms with Gasteiger partial charge in [0.2, 0.25) is 5.91 Å². The molecule has 0 aliphatic carbocycles. The smallest absolute Gasteiger partial charge is 0.307 e. The minimum atomic E-state index is -0.0687. The van der Waals surface area contributed by atoms with Gasteiger partial charge in [0.25, 0.3) is 0 Å². The lowest BCUT2D eigenvalue weighted by Gasteiger charge is -2.20. The summed E-state index contributed by atoms with van der Waals surface area (Å²) in [6.07, 6.45) is 2.79. The summed E-state index contributed by atoms with van der Waals surface area (Å²) in [6.45, 7) is 6.61. The van der Waals surface area contributed by atoms with Crippen molar-refractivity contribution in [3.8, 4) is 0 Å². The Morgan fingerprint density at radius 3 is 2.62 bits per heavy atom. The third kappa shape index (κ3) is 3.70. The van der Waals surface area contributed by atoms with Gasteiger partial charge in [-0.2, -0.15) is 0 Å².